The van der Waals surface area contributed by atoms with Crippen LogP contribution in [-0.2, 0) is 4.79 Å². The Hall–Kier alpha value is -2.48. The van der Waals surface area contributed by atoms with Gasteiger partial charge in [0.1, 0.15) is 0 Å². The highest BCUT2D eigenvalue weighted by molar-refractivity contribution is 5.94. The monoisotopic (exact) mass is 542 g/mol. The summed E-state index contributed by atoms with van der Waals surface area (Å²) >= 11 is 0. The van der Waals surface area contributed by atoms with Crippen molar-refractivity contribution >= 4 is 17.5 Å². The molecule has 0 unspecified atom stereocenters. The largest absolute Gasteiger partial charge is 0.337 e. The Morgan fingerprint density at radius 1 is 0.795 bits per heavy atom. The van der Waals surface area contributed by atoms with Crippen LogP contribution in [0, 0.1) is 10.1 Å². The van der Waals surface area contributed by atoms with Gasteiger partial charge in [-0.3, -0.25) is 19.7 Å². The lowest BCUT2D eigenvalue weighted by Gasteiger charge is -2.42. The Kier molecular flexibility index (Phi) is 13.2. The van der Waals surface area contributed by atoms with E-state index < -0.39 is 4.92 Å². The van der Waals surface area contributed by atoms with E-state index in [0.29, 0.717) is 43.1 Å². The van der Waals surface area contributed by atoms with Gasteiger partial charge in [-0.1, -0.05) is 58.8 Å². The quantitative estimate of drug-likeness (QED) is 0.145. The number of likely N-dealkylation sites (N-methyl/N-ethyl adjacent to an activating group) is 1. The summed E-state index contributed by atoms with van der Waals surface area (Å²) in [5.41, 5.74) is 0.465. The summed E-state index contributed by atoms with van der Waals surface area (Å²) in [5, 5.41) is 11.0. The van der Waals surface area contributed by atoms with Crippen molar-refractivity contribution in [2.45, 2.75) is 116 Å². The minimum absolute atomic E-state index is 0.0126. The van der Waals surface area contributed by atoms with Gasteiger partial charge < -0.3 is 14.7 Å². The third kappa shape index (κ3) is 9.59. The third-order valence-corrected chi connectivity index (χ3v) is 8.74. The van der Waals surface area contributed by atoms with Gasteiger partial charge in [0.05, 0.1) is 4.92 Å². The summed E-state index contributed by atoms with van der Waals surface area (Å²) in [6, 6.07) is 6.76. The van der Waals surface area contributed by atoms with E-state index >= 15 is 0 Å². The number of nitro groups is 1. The molecule has 0 aromatic heterocycles. The van der Waals surface area contributed by atoms with Crippen molar-refractivity contribution in [2.75, 3.05) is 32.7 Å². The Balaban J connectivity index is 1.53. The zero-order valence-corrected chi connectivity index (χ0v) is 24.3. The lowest BCUT2D eigenvalue weighted by Crippen LogP contribution is -2.48. The minimum atomic E-state index is -0.447. The Labute approximate surface area is 235 Å². The van der Waals surface area contributed by atoms with Crippen LogP contribution in [-0.4, -0.2) is 76.2 Å². The van der Waals surface area contributed by atoms with E-state index in [1.807, 2.05) is 4.90 Å². The molecule has 1 aromatic carbocycles. The number of carbonyl (C=O) groups excluding carboxylic acids is 2. The Bertz CT molecular complexity index is 872. The molecule has 0 saturated heterocycles. The molecule has 2 fully saturated rings. The van der Waals surface area contributed by atoms with E-state index in [1.165, 1.54) is 50.7 Å². The molecule has 0 spiro atoms. The molecule has 0 aliphatic heterocycles. The molecule has 39 heavy (non-hydrogen) atoms. The van der Waals surface area contributed by atoms with Crippen molar-refractivity contribution in [2.24, 2.45) is 0 Å². The van der Waals surface area contributed by atoms with Crippen LogP contribution in [0.2, 0.25) is 0 Å². The summed E-state index contributed by atoms with van der Waals surface area (Å²) in [6.45, 7) is 8.13. The van der Waals surface area contributed by atoms with Gasteiger partial charge in [0.15, 0.2) is 0 Å². The first-order valence-electron chi connectivity index (χ1n) is 15.5. The number of rotatable bonds is 15. The van der Waals surface area contributed by atoms with Gasteiger partial charge in [0.2, 0.25) is 5.91 Å². The summed E-state index contributed by atoms with van der Waals surface area (Å²) in [7, 11) is 0. The normalized spacial score (nSPS) is 16.8. The van der Waals surface area contributed by atoms with E-state index in [0.717, 1.165) is 64.6 Å². The lowest BCUT2D eigenvalue weighted by atomic mass is 9.88. The number of amides is 2. The number of nitro benzene ring substituents is 1. The molecule has 0 atom stereocenters. The maximum atomic E-state index is 13.5. The van der Waals surface area contributed by atoms with E-state index in [-0.39, 0.29) is 11.6 Å². The molecular weight excluding hydrogens is 492 g/mol. The van der Waals surface area contributed by atoms with Gasteiger partial charge in [0.25, 0.3) is 11.6 Å². The molecule has 0 heterocycles. The molecule has 2 aliphatic rings. The number of hydrogen-bond acceptors (Lipinski definition) is 5. The Morgan fingerprint density at radius 3 is 1.87 bits per heavy atom. The molecular formula is C31H50N4O4. The average molecular weight is 543 g/mol. The molecule has 1 aromatic rings. The number of hydrogen-bond donors (Lipinski definition) is 0. The molecule has 2 amide bonds. The number of benzene rings is 1. The maximum absolute atomic E-state index is 13.5. The highest BCUT2D eigenvalue weighted by atomic mass is 16.6. The van der Waals surface area contributed by atoms with Crippen LogP contribution >= 0.6 is 0 Å². The molecule has 218 valence electrons. The van der Waals surface area contributed by atoms with Crippen molar-refractivity contribution in [3.05, 3.63) is 39.9 Å². The van der Waals surface area contributed by atoms with Crippen molar-refractivity contribution in [3.8, 4) is 0 Å². The van der Waals surface area contributed by atoms with Gasteiger partial charge in [-0.25, -0.2) is 0 Å². The van der Waals surface area contributed by atoms with Crippen LogP contribution in [0.3, 0.4) is 0 Å². The molecule has 2 saturated carbocycles. The predicted molar refractivity (Wildman–Crippen MR) is 156 cm³/mol. The molecule has 3 rings (SSSR count). The van der Waals surface area contributed by atoms with Crippen molar-refractivity contribution in [1.29, 1.82) is 0 Å². The second kappa shape index (κ2) is 16.6. The first-order valence-corrected chi connectivity index (χ1v) is 15.5. The Morgan fingerprint density at radius 2 is 1.36 bits per heavy atom. The van der Waals surface area contributed by atoms with Gasteiger partial charge in [-0.05, 0) is 63.7 Å². The van der Waals surface area contributed by atoms with Gasteiger partial charge in [0, 0.05) is 55.8 Å². The van der Waals surface area contributed by atoms with E-state index in [9.17, 15) is 19.7 Å². The smallest absolute Gasteiger partial charge is 0.269 e. The molecule has 8 heteroatoms. The van der Waals surface area contributed by atoms with Crippen molar-refractivity contribution < 1.29 is 14.5 Å². The second-order valence-corrected chi connectivity index (χ2v) is 11.3. The second-order valence-electron chi connectivity index (χ2n) is 11.3. The number of carbonyl (C=O) groups is 2. The lowest BCUT2D eigenvalue weighted by molar-refractivity contribution is -0.384. The van der Waals surface area contributed by atoms with Crippen LogP contribution in [0.15, 0.2) is 24.3 Å². The fourth-order valence-electron chi connectivity index (χ4n) is 6.33. The summed E-state index contributed by atoms with van der Waals surface area (Å²) in [6.07, 6.45) is 15.4. The predicted octanol–water partition coefficient (Wildman–Crippen LogP) is 6.43. The molecule has 2 aliphatic carbocycles. The zero-order chi connectivity index (χ0) is 28.0. The minimum Gasteiger partial charge on any atom is -0.337 e. The summed E-state index contributed by atoms with van der Waals surface area (Å²) in [4.78, 5) is 43.8. The standard InChI is InChI=1S/C31H50N4O4/c1-3-32(4-2)24-25-33(31(37)26-19-21-29(22-20-26)35(38)39)23-13-7-12-18-30(36)34(27-14-8-5-9-15-27)28-16-10-6-11-17-28/h19-22,27-28H,3-18,23-25H2,1-2H3. The van der Waals surface area contributed by atoms with Crippen LogP contribution in [0.4, 0.5) is 5.69 Å². The van der Waals surface area contributed by atoms with Gasteiger partial charge >= 0.3 is 0 Å². The van der Waals surface area contributed by atoms with Crippen LogP contribution in [0.25, 0.3) is 0 Å². The van der Waals surface area contributed by atoms with Crippen LogP contribution in [0.1, 0.15) is 114 Å². The van der Waals surface area contributed by atoms with Gasteiger partial charge in [-0.15, -0.1) is 0 Å². The fourth-order valence-corrected chi connectivity index (χ4v) is 6.33. The highest BCUT2D eigenvalue weighted by Gasteiger charge is 2.32. The summed E-state index contributed by atoms with van der Waals surface area (Å²) in [5.74, 6) is 0.253. The van der Waals surface area contributed by atoms with Crippen LogP contribution in [0.5, 0.6) is 0 Å². The van der Waals surface area contributed by atoms with Crippen molar-refractivity contribution in [3.63, 3.8) is 0 Å². The zero-order valence-electron chi connectivity index (χ0n) is 24.3. The first-order chi connectivity index (χ1) is 18.9. The number of nitrogens with zero attached hydrogens (tertiary/aromatic N) is 4. The highest BCUT2D eigenvalue weighted by Crippen LogP contribution is 2.31. The van der Waals surface area contributed by atoms with Crippen LogP contribution < -0.4 is 0 Å². The summed E-state index contributed by atoms with van der Waals surface area (Å²) < 4.78 is 0. The number of unbranched alkanes of at least 4 members (excludes halogenated alkanes) is 2. The van der Waals surface area contributed by atoms with Gasteiger partial charge in [-0.2, -0.15) is 0 Å². The van der Waals surface area contributed by atoms with Crippen molar-refractivity contribution in [1.82, 2.24) is 14.7 Å². The third-order valence-electron chi connectivity index (χ3n) is 8.74. The van der Waals surface area contributed by atoms with E-state index in [1.54, 1.807) is 12.1 Å². The molecule has 0 radical (unpaired) electrons. The fraction of sp³-hybridized carbons (Fsp3) is 0.742. The molecule has 0 bridgehead atoms. The maximum Gasteiger partial charge on any atom is 0.269 e. The first kappa shape index (κ1) is 31.1. The molecule has 0 N–H and O–H groups in total. The average Bonchev–Trinajstić information content (AvgIpc) is 2.97. The van der Waals surface area contributed by atoms with E-state index in [2.05, 4.69) is 23.6 Å². The topological polar surface area (TPSA) is 87.0 Å². The SMILES string of the molecule is CCN(CC)CCN(CCCCCC(=O)N(C1CCCCC1)C1CCCCC1)C(=O)c1ccc([N+](=O)[O-])cc1. The molecule has 8 nitrogen and oxygen atoms in total. The van der Waals surface area contributed by atoms with E-state index in [4.69, 9.17) is 0 Å². The number of non-ortho nitro benzene ring substituents is 1.